The van der Waals surface area contributed by atoms with E-state index in [-0.39, 0.29) is 5.25 Å². The Kier molecular flexibility index (Phi) is 11.3. The van der Waals surface area contributed by atoms with Crippen LogP contribution in [-0.2, 0) is 21.3 Å². The second-order valence-electron chi connectivity index (χ2n) is 9.04. The molecule has 202 valence electrons. The van der Waals surface area contributed by atoms with E-state index in [0.717, 1.165) is 36.0 Å². The molecular formula is C29H36N3O4PS. The van der Waals surface area contributed by atoms with E-state index < -0.39 is 25.0 Å². The molecule has 2 atom stereocenters. The summed E-state index contributed by atoms with van der Waals surface area (Å²) >= 11 is -1.06. The minimum Gasteiger partial charge on any atom is -0.616 e. The minimum atomic E-state index is -3.13. The zero-order valence-corrected chi connectivity index (χ0v) is 23.8. The molecule has 0 saturated carbocycles. The molecule has 0 aliphatic heterocycles. The lowest BCUT2D eigenvalue weighted by Gasteiger charge is -2.36. The maximum atomic E-state index is 12.8. The quantitative estimate of drug-likeness (QED) is 0.148. The van der Waals surface area contributed by atoms with Crippen molar-refractivity contribution in [2.45, 2.75) is 43.9 Å². The molecule has 2 unspecified atom stereocenters. The molecule has 0 radical (unpaired) electrons. The Morgan fingerprint density at radius 2 is 1.26 bits per heavy atom. The fraction of sp³-hybridized carbons (Fsp3) is 0.310. The van der Waals surface area contributed by atoms with Crippen molar-refractivity contribution in [2.24, 2.45) is 5.92 Å². The average molecular weight is 554 g/mol. The molecule has 0 spiro atoms. The lowest BCUT2D eigenvalue weighted by Crippen LogP contribution is -2.38. The maximum Gasteiger partial charge on any atom is 0.314 e. The normalized spacial score (nSPS) is 13.2. The fourth-order valence-electron chi connectivity index (χ4n) is 4.83. The van der Waals surface area contributed by atoms with Crippen molar-refractivity contribution in [2.75, 3.05) is 6.26 Å². The van der Waals surface area contributed by atoms with Crippen LogP contribution in [0.4, 0.5) is 0 Å². The zero-order chi connectivity index (χ0) is 27.5. The van der Waals surface area contributed by atoms with Gasteiger partial charge >= 0.3 is 8.25 Å². The van der Waals surface area contributed by atoms with Gasteiger partial charge in [-0.15, -0.1) is 5.10 Å². The first-order chi connectivity index (χ1) is 18.3. The van der Waals surface area contributed by atoms with E-state index in [1.54, 1.807) is 6.26 Å². The second kappa shape index (κ2) is 14.4. The van der Waals surface area contributed by atoms with Crippen LogP contribution in [0.5, 0.6) is 0 Å². The highest BCUT2D eigenvalue weighted by molar-refractivity contribution is 7.90. The van der Waals surface area contributed by atoms with E-state index in [9.17, 15) is 4.55 Å². The number of rotatable bonds is 10. The van der Waals surface area contributed by atoms with Crippen LogP contribution in [0.25, 0.3) is 0 Å². The van der Waals surface area contributed by atoms with Crippen molar-refractivity contribution in [1.82, 2.24) is 14.8 Å². The molecule has 4 aromatic rings. The van der Waals surface area contributed by atoms with Gasteiger partial charge in [-0.2, -0.15) is 0 Å². The molecule has 0 saturated heterocycles. The fourth-order valence-corrected chi connectivity index (χ4v) is 5.78. The Balaban J connectivity index is 0.000000934. The first-order valence-corrected chi connectivity index (χ1v) is 15.6. The third kappa shape index (κ3) is 7.01. The first-order valence-electron chi connectivity index (χ1n) is 12.7. The largest absolute Gasteiger partial charge is 0.616 e. The summed E-state index contributed by atoms with van der Waals surface area (Å²) in [7, 11) is -3.13. The lowest BCUT2D eigenvalue weighted by atomic mass is 9.77. The number of hydrogen-bond acceptors (Lipinski definition) is 4. The van der Waals surface area contributed by atoms with E-state index in [1.807, 2.05) is 29.2 Å². The molecule has 0 amide bonds. The molecule has 0 fully saturated rings. The molecule has 9 heteroatoms. The van der Waals surface area contributed by atoms with Gasteiger partial charge in [0, 0.05) is 6.42 Å². The molecular weight excluding hydrogens is 517 g/mol. The zero-order valence-electron chi connectivity index (χ0n) is 22.0. The summed E-state index contributed by atoms with van der Waals surface area (Å²) in [6.45, 7) is 4.39. The second-order valence-corrected chi connectivity index (χ2v) is 11.2. The van der Waals surface area contributed by atoms with Crippen LogP contribution >= 0.6 is 8.25 Å². The molecule has 1 heterocycles. The van der Waals surface area contributed by atoms with Gasteiger partial charge in [0.05, 0.1) is 6.26 Å². The number of nitrogens with zero attached hydrogens (tertiary/aromatic N) is 3. The van der Waals surface area contributed by atoms with Gasteiger partial charge in [-0.25, -0.2) is 9.67 Å². The van der Waals surface area contributed by atoms with Crippen LogP contribution in [0.3, 0.4) is 0 Å². The Bertz CT molecular complexity index is 1150. The van der Waals surface area contributed by atoms with Crippen LogP contribution in [-0.4, -0.2) is 35.4 Å². The SMILES string of the molecule is CCC(CC)CC(c1ncn(C(c2ccccc2)(c2ccccc2)c2ccccc2)n1)[S+](C)[O-].O=[PH](O)O. The Hall–Kier alpha value is -2.74. The van der Waals surface area contributed by atoms with E-state index in [1.165, 1.54) is 0 Å². The summed E-state index contributed by atoms with van der Waals surface area (Å²) in [5.74, 6) is 1.16. The third-order valence-electron chi connectivity index (χ3n) is 6.82. The lowest BCUT2D eigenvalue weighted by molar-refractivity contribution is 0.405. The standard InChI is InChI=1S/C29H33N3OS.H3O3P/c1-4-23(5-2)21-27(34(3)33)28-30-22-32(31-28)29(24-15-9-6-10-16-24,25-17-11-7-12-18-25)26-19-13-8-14-20-26;1-4(2)3/h6-20,22-23,27H,4-5,21H2,1-3H3;4H,(H2,1,2,3). The highest BCUT2D eigenvalue weighted by atomic mass is 32.2. The van der Waals surface area contributed by atoms with Crippen LogP contribution in [0.2, 0.25) is 0 Å². The van der Waals surface area contributed by atoms with Crippen molar-refractivity contribution in [3.05, 3.63) is 120 Å². The average Bonchev–Trinajstić information content (AvgIpc) is 3.41. The summed E-state index contributed by atoms with van der Waals surface area (Å²) in [6, 6.07) is 31.3. The molecule has 38 heavy (non-hydrogen) atoms. The predicted octanol–water partition coefficient (Wildman–Crippen LogP) is 5.72. The van der Waals surface area contributed by atoms with Crippen molar-refractivity contribution in [1.29, 1.82) is 0 Å². The summed E-state index contributed by atoms with van der Waals surface area (Å²) in [5.41, 5.74) is 2.58. The molecule has 0 aliphatic carbocycles. The van der Waals surface area contributed by atoms with Gasteiger partial charge in [0.25, 0.3) is 0 Å². The topological polar surface area (TPSA) is 111 Å². The molecule has 0 bridgehead atoms. The third-order valence-corrected chi connectivity index (χ3v) is 8.02. The number of aromatic nitrogens is 3. The smallest absolute Gasteiger partial charge is 0.314 e. The van der Waals surface area contributed by atoms with Crippen molar-refractivity contribution < 1.29 is 18.9 Å². The number of hydrogen-bond donors (Lipinski definition) is 2. The van der Waals surface area contributed by atoms with Gasteiger partial charge in [0.15, 0.2) is 5.25 Å². The highest BCUT2D eigenvalue weighted by Gasteiger charge is 2.40. The Labute approximate surface area is 228 Å². The minimum absolute atomic E-state index is 0.189. The van der Waals surface area contributed by atoms with E-state index >= 15 is 0 Å². The Morgan fingerprint density at radius 1 is 0.868 bits per heavy atom. The van der Waals surface area contributed by atoms with Gasteiger partial charge in [0.1, 0.15) is 11.9 Å². The highest BCUT2D eigenvalue weighted by Crippen LogP contribution is 2.40. The molecule has 2 N–H and O–H groups in total. The molecule has 1 aromatic heterocycles. The summed E-state index contributed by atoms with van der Waals surface area (Å²) in [6.07, 6.45) is 6.54. The molecule has 4 rings (SSSR count). The summed E-state index contributed by atoms with van der Waals surface area (Å²) in [5, 5.41) is 4.88. The monoisotopic (exact) mass is 553 g/mol. The molecule has 7 nitrogen and oxygen atoms in total. The van der Waals surface area contributed by atoms with Gasteiger partial charge < -0.3 is 14.3 Å². The Morgan fingerprint density at radius 3 is 1.61 bits per heavy atom. The van der Waals surface area contributed by atoms with Crippen LogP contribution < -0.4 is 0 Å². The van der Waals surface area contributed by atoms with E-state index in [2.05, 4.69) is 86.6 Å². The summed E-state index contributed by atoms with van der Waals surface area (Å²) < 4.78 is 23.5. The maximum absolute atomic E-state index is 12.8. The van der Waals surface area contributed by atoms with Crippen LogP contribution in [0.1, 0.15) is 60.9 Å². The van der Waals surface area contributed by atoms with Crippen LogP contribution in [0, 0.1) is 5.92 Å². The van der Waals surface area contributed by atoms with E-state index in [4.69, 9.17) is 24.4 Å². The van der Waals surface area contributed by atoms with Gasteiger partial charge in [-0.05, 0) is 33.8 Å². The molecule has 3 aromatic carbocycles. The van der Waals surface area contributed by atoms with Crippen molar-refractivity contribution in [3.8, 4) is 0 Å². The first kappa shape index (κ1) is 29.8. The number of benzene rings is 3. The van der Waals surface area contributed by atoms with Gasteiger partial charge in [-0.1, -0.05) is 118 Å². The van der Waals surface area contributed by atoms with Crippen molar-refractivity contribution in [3.63, 3.8) is 0 Å². The predicted molar refractivity (Wildman–Crippen MR) is 154 cm³/mol. The molecule has 0 aliphatic rings. The summed E-state index contributed by atoms with van der Waals surface area (Å²) in [4.78, 5) is 19.1. The van der Waals surface area contributed by atoms with Gasteiger partial charge in [-0.3, -0.25) is 4.57 Å². The van der Waals surface area contributed by atoms with Gasteiger partial charge in [0.2, 0.25) is 5.82 Å². The van der Waals surface area contributed by atoms with E-state index in [0.29, 0.717) is 11.7 Å². The van der Waals surface area contributed by atoms with Crippen LogP contribution in [0.15, 0.2) is 97.3 Å². The van der Waals surface area contributed by atoms with Crippen molar-refractivity contribution >= 4 is 19.4 Å².